The van der Waals surface area contributed by atoms with Crippen LogP contribution in [0.2, 0.25) is 0 Å². The van der Waals surface area contributed by atoms with E-state index in [1.165, 1.54) is 25.5 Å². The lowest BCUT2D eigenvalue weighted by Crippen LogP contribution is -2.41. The average molecular weight is 553 g/mol. The third kappa shape index (κ3) is 10.5. The quantitative estimate of drug-likeness (QED) is 0.0946. The van der Waals surface area contributed by atoms with Gasteiger partial charge in [0.1, 0.15) is 37.2 Å². The highest BCUT2D eigenvalue weighted by Gasteiger charge is 2.21. The molecule has 0 spiro atoms. The summed E-state index contributed by atoms with van der Waals surface area (Å²) in [4.78, 5) is 47.3. The molecule has 2 N–H and O–H groups in total. The van der Waals surface area contributed by atoms with Crippen LogP contribution in [0.5, 0.6) is 5.75 Å². The highest BCUT2D eigenvalue weighted by molar-refractivity contribution is 5.82. The van der Waals surface area contributed by atoms with Gasteiger partial charge in [0.15, 0.2) is 0 Å². The van der Waals surface area contributed by atoms with E-state index in [1.807, 2.05) is 30.3 Å². The van der Waals surface area contributed by atoms with Gasteiger partial charge in [0.05, 0.1) is 7.11 Å². The Morgan fingerprint density at radius 3 is 2.58 bits per heavy atom. The molecule has 0 saturated carbocycles. The van der Waals surface area contributed by atoms with Gasteiger partial charge < -0.3 is 34.0 Å². The van der Waals surface area contributed by atoms with E-state index in [4.69, 9.17) is 23.4 Å². The van der Waals surface area contributed by atoms with Gasteiger partial charge in [0.25, 0.3) is 0 Å². The molecule has 1 aromatic heterocycles. The number of alkyl carbamates (subject to hydrolysis) is 1. The maximum absolute atomic E-state index is 12.1. The molecule has 1 amide bonds. The molecule has 0 radical (unpaired) electrons. The molecule has 0 fully saturated rings. The number of esters is 2. The van der Waals surface area contributed by atoms with E-state index in [-0.39, 0.29) is 19.8 Å². The van der Waals surface area contributed by atoms with Crippen molar-refractivity contribution in [1.82, 2.24) is 10.6 Å². The number of nitrogens with one attached hydrogen (secondary N) is 2. The Kier molecular flexibility index (Phi) is 12.1. The number of unbranched alkanes of at least 4 members (excludes halogenated alkanes) is 1. The highest BCUT2D eigenvalue weighted by atomic mass is 16.6. The van der Waals surface area contributed by atoms with Crippen LogP contribution in [0.15, 0.2) is 82.2 Å². The summed E-state index contributed by atoms with van der Waals surface area (Å²) in [5.41, 5.74) is 0.800. The van der Waals surface area contributed by atoms with Crippen molar-refractivity contribution < 1.29 is 37.7 Å². The first-order valence-corrected chi connectivity index (χ1v) is 12.7. The van der Waals surface area contributed by atoms with Crippen LogP contribution >= 0.6 is 0 Å². The minimum absolute atomic E-state index is 0.0373. The maximum Gasteiger partial charge on any atom is 0.408 e. The van der Waals surface area contributed by atoms with Crippen molar-refractivity contribution in [2.45, 2.75) is 31.9 Å². The summed E-state index contributed by atoms with van der Waals surface area (Å²) in [7, 11) is 1.26. The lowest BCUT2D eigenvalue weighted by atomic mass is 10.1. The second-order valence-corrected chi connectivity index (χ2v) is 8.54. The zero-order chi connectivity index (χ0) is 28.6. The smallest absolute Gasteiger partial charge is 0.408 e. The first-order chi connectivity index (χ1) is 19.4. The molecule has 0 aliphatic carbocycles. The zero-order valence-electron chi connectivity index (χ0n) is 22.1. The number of carbonyl (C=O) groups excluding carboxylic acids is 3. The van der Waals surface area contributed by atoms with Gasteiger partial charge in [0.2, 0.25) is 0 Å². The molecule has 40 heavy (non-hydrogen) atoms. The lowest BCUT2D eigenvalue weighted by molar-refractivity contribution is -0.143. The number of carbonyl (C=O) groups is 3. The predicted molar refractivity (Wildman–Crippen MR) is 145 cm³/mol. The van der Waals surface area contributed by atoms with Crippen LogP contribution in [-0.2, 0) is 30.4 Å². The van der Waals surface area contributed by atoms with Gasteiger partial charge >= 0.3 is 23.7 Å². The zero-order valence-corrected chi connectivity index (χ0v) is 22.1. The number of rotatable bonds is 15. The maximum atomic E-state index is 12.1. The summed E-state index contributed by atoms with van der Waals surface area (Å²) >= 11 is 0. The largest absolute Gasteiger partial charge is 0.490 e. The molecule has 3 rings (SSSR count). The standard InChI is InChI=1S/C29H32N2O9/c1-36-28(34)24(31-29(35)39-20-21-7-3-2-4-8-21)9-5-6-15-30-16-14-26(32)38-18-17-37-23-12-10-22-11-13-27(33)40-25(22)19-23/h2-4,7-8,10-14,16,19,24,30H,5-6,9,15,17-18,20H2,1H3,(H,31,35)/b16-14+/t24-/m0/s1. The first kappa shape index (κ1) is 29.8. The number of benzene rings is 2. The number of fused-ring (bicyclic) bond motifs is 1. The molecular formula is C29H32N2O9. The van der Waals surface area contributed by atoms with Crippen molar-refractivity contribution >= 4 is 29.0 Å². The van der Waals surface area contributed by atoms with E-state index >= 15 is 0 Å². The fourth-order valence-electron chi connectivity index (χ4n) is 3.56. The second-order valence-electron chi connectivity index (χ2n) is 8.54. The van der Waals surface area contributed by atoms with E-state index in [2.05, 4.69) is 10.6 Å². The molecule has 11 heteroatoms. The van der Waals surface area contributed by atoms with Crippen molar-refractivity contribution in [3.63, 3.8) is 0 Å². The van der Waals surface area contributed by atoms with Crippen LogP contribution in [0.3, 0.4) is 0 Å². The average Bonchev–Trinajstić information content (AvgIpc) is 2.97. The van der Waals surface area contributed by atoms with E-state index in [1.54, 1.807) is 24.3 Å². The summed E-state index contributed by atoms with van der Waals surface area (Å²) < 4.78 is 25.7. The molecule has 3 aromatic rings. The van der Waals surface area contributed by atoms with Gasteiger partial charge in [-0.25, -0.2) is 19.2 Å². The minimum atomic E-state index is -0.825. The van der Waals surface area contributed by atoms with Crippen LogP contribution < -0.4 is 21.0 Å². The third-order valence-corrected chi connectivity index (χ3v) is 5.58. The third-order valence-electron chi connectivity index (χ3n) is 5.58. The Labute approximate surface area is 231 Å². The van der Waals surface area contributed by atoms with E-state index in [9.17, 15) is 19.2 Å². The van der Waals surface area contributed by atoms with Crippen molar-refractivity contribution in [1.29, 1.82) is 0 Å². The van der Waals surface area contributed by atoms with Crippen LogP contribution in [0.1, 0.15) is 24.8 Å². The van der Waals surface area contributed by atoms with Crippen molar-refractivity contribution in [3.05, 3.63) is 88.9 Å². The van der Waals surface area contributed by atoms with Crippen LogP contribution in [0.25, 0.3) is 11.0 Å². The molecular weight excluding hydrogens is 520 g/mol. The molecule has 1 atom stereocenters. The fraction of sp³-hybridized carbons (Fsp3) is 0.310. The van der Waals surface area contributed by atoms with Gasteiger partial charge in [-0.3, -0.25) is 0 Å². The van der Waals surface area contributed by atoms with Gasteiger partial charge in [-0.05, 0) is 43.0 Å². The molecule has 0 saturated heterocycles. The molecule has 11 nitrogen and oxygen atoms in total. The van der Waals surface area contributed by atoms with Crippen molar-refractivity contribution in [2.24, 2.45) is 0 Å². The Morgan fingerprint density at radius 1 is 0.975 bits per heavy atom. The molecule has 2 aromatic carbocycles. The Bertz CT molecular complexity index is 1340. The summed E-state index contributed by atoms with van der Waals surface area (Å²) in [6.07, 6.45) is 3.68. The predicted octanol–water partition coefficient (Wildman–Crippen LogP) is 3.46. The Morgan fingerprint density at radius 2 is 1.77 bits per heavy atom. The number of hydrogen-bond acceptors (Lipinski definition) is 10. The fourth-order valence-corrected chi connectivity index (χ4v) is 3.56. The summed E-state index contributed by atoms with van der Waals surface area (Å²) in [6.45, 7) is 0.801. The second kappa shape index (κ2) is 16.2. The van der Waals surface area contributed by atoms with Crippen molar-refractivity contribution in [2.75, 3.05) is 26.9 Å². The van der Waals surface area contributed by atoms with E-state index in [0.717, 1.165) is 10.9 Å². The number of ether oxygens (including phenoxy) is 4. The lowest BCUT2D eigenvalue weighted by Gasteiger charge is -2.16. The normalized spacial score (nSPS) is 11.5. The Balaban J connectivity index is 1.26. The first-order valence-electron chi connectivity index (χ1n) is 12.7. The van der Waals surface area contributed by atoms with Crippen LogP contribution in [-0.4, -0.2) is 50.9 Å². The molecule has 0 aliphatic heterocycles. The number of amides is 1. The summed E-state index contributed by atoms with van der Waals surface area (Å²) in [6, 6.07) is 16.5. The molecule has 0 aliphatic rings. The van der Waals surface area contributed by atoms with Gasteiger partial charge in [0, 0.05) is 36.3 Å². The van der Waals surface area contributed by atoms with Gasteiger partial charge in [-0.2, -0.15) is 0 Å². The molecule has 0 unspecified atom stereocenters. The van der Waals surface area contributed by atoms with Crippen molar-refractivity contribution in [3.8, 4) is 5.75 Å². The van der Waals surface area contributed by atoms with Gasteiger partial charge in [-0.15, -0.1) is 0 Å². The molecule has 0 bridgehead atoms. The van der Waals surface area contributed by atoms with E-state index < -0.39 is 29.7 Å². The number of hydrogen-bond donors (Lipinski definition) is 2. The van der Waals surface area contributed by atoms with E-state index in [0.29, 0.717) is 37.1 Å². The molecule has 1 heterocycles. The number of methoxy groups -OCH3 is 1. The monoisotopic (exact) mass is 552 g/mol. The minimum Gasteiger partial charge on any atom is -0.490 e. The van der Waals surface area contributed by atoms with Crippen LogP contribution in [0.4, 0.5) is 4.79 Å². The topological polar surface area (TPSA) is 142 Å². The summed E-state index contributed by atoms with van der Waals surface area (Å²) in [5.74, 6) is -0.600. The molecule has 212 valence electrons. The summed E-state index contributed by atoms with van der Waals surface area (Å²) in [5, 5.41) is 6.29. The highest BCUT2D eigenvalue weighted by Crippen LogP contribution is 2.19. The van der Waals surface area contributed by atoms with Crippen LogP contribution in [0, 0.1) is 0 Å². The Hall–Kier alpha value is -4.80. The van der Waals surface area contributed by atoms with Gasteiger partial charge in [-0.1, -0.05) is 30.3 Å². The SMILES string of the molecule is COC(=O)[C@H](CCCCN/C=C/C(=O)OCCOc1ccc2ccc(=O)oc2c1)NC(=O)OCc1ccccc1.